The van der Waals surface area contributed by atoms with Crippen molar-refractivity contribution in [1.82, 2.24) is 4.90 Å². The molecule has 1 saturated carbocycles. The number of amides is 1. The van der Waals surface area contributed by atoms with Gasteiger partial charge < -0.3 is 9.84 Å². The highest BCUT2D eigenvalue weighted by molar-refractivity contribution is 5.79. The molecule has 1 aliphatic rings. The molecule has 1 atom stereocenters. The Bertz CT molecular complexity index is 470. The summed E-state index contributed by atoms with van der Waals surface area (Å²) in [6, 6.07) is 8.51. The number of benzene rings is 1. The van der Waals surface area contributed by atoms with Gasteiger partial charge in [-0.1, -0.05) is 43.2 Å². The van der Waals surface area contributed by atoms with Gasteiger partial charge in [-0.2, -0.15) is 0 Å². The number of hydrogen-bond donors (Lipinski definition) is 1. The molecule has 1 aliphatic carbocycles. The van der Waals surface area contributed by atoms with Crippen LogP contribution in [0.5, 0.6) is 0 Å². The highest BCUT2D eigenvalue weighted by atomic mass is 16.6. The minimum absolute atomic E-state index is 0.153. The highest BCUT2D eigenvalue weighted by Crippen LogP contribution is 2.34. The molecular formula is C15H19NO4. The summed E-state index contributed by atoms with van der Waals surface area (Å²) in [5.41, 5.74) is 0.878. The first-order valence-electron chi connectivity index (χ1n) is 6.74. The molecule has 5 nitrogen and oxygen atoms in total. The molecule has 108 valence electrons. The maximum Gasteiger partial charge on any atom is 0.410 e. The van der Waals surface area contributed by atoms with Crippen LogP contribution in [0.15, 0.2) is 30.3 Å². The smallest absolute Gasteiger partial charge is 0.410 e. The summed E-state index contributed by atoms with van der Waals surface area (Å²) in [5.74, 6) is -0.545. The fourth-order valence-corrected chi connectivity index (χ4v) is 2.04. The van der Waals surface area contributed by atoms with Crippen molar-refractivity contribution in [2.45, 2.75) is 31.9 Å². The van der Waals surface area contributed by atoms with Gasteiger partial charge >= 0.3 is 12.1 Å². The van der Waals surface area contributed by atoms with Crippen molar-refractivity contribution in [1.29, 1.82) is 0 Å². The van der Waals surface area contributed by atoms with Gasteiger partial charge in [0.05, 0.1) is 0 Å². The Hall–Kier alpha value is -2.04. The molecule has 0 aromatic heterocycles. The molecule has 0 radical (unpaired) electrons. The van der Waals surface area contributed by atoms with Gasteiger partial charge in [-0.25, -0.2) is 9.59 Å². The molecule has 0 bridgehead atoms. The van der Waals surface area contributed by atoms with Crippen LogP contribution in [0.25, 0.3) is 0 Å². The van der Waals surface area contributed by atoms with E-state index in [4.69, 9.17) is 4.74 Å². The Balaban J connectivity index is 1.87. The molecule has 1 amide bonds. The number of carboxylic acids is 1. The van der Waals surface area contributed by atoms with Gasteiger partial charge in [0.1, 0.15) is 12.6 Å². The van der Waals surface area contributed by atoms with E-state index in [9.17, 15) is 14.7 Å². The second-order valence-corrected chi connectivity index (χ2v) is 5.18. The van der Waals surface area contributed by atoms with Crippen molar-refractivity contribution in [3.05, 3.63) is 35.9 Å². The molecule has 0 heterocycles. The zero-order chi connectivity index (χ0) is 14.5. The number of hydrogen-bond acceptors (Lipinski definition) is 3. The van der Waals surface area contributed by atoms with Crippen LogP contribution in [0.3, 0.4) is 0 Å². The van der Waals surface area contributed by atoms with Crippen LogP contribution in [0.1, 0.15) is 24.8 Å². The summed E-state index contributed by atoms with van der Waals surface area (Å²) in [6.45, 7) is 0.153. The van der Waals surface area contributed by atoms with Gasteiger partial charge in [0.25, 0.3) is 0 Å². The van der Waals surface area contributed by atoms with Crippen LogP contribution in [-0.4, -0.2) is 35.2 Å². The SMILES string of the molecule is CN(C(=O)OCc1ccccc1)C(CC1CC1)C(=O)O. The van der Waals surface area contributed by atoms with E-state index in [1.165, 1.54) is 11.9 Å². The third kappa shape index (κ3) is 3.98. The molecule has 0 spiro atoms. The second-order valence-electron chi connectivity index (χ2n) is 5.18. The van der Waals surface area contributed by atoms with Crippen LogP contribution in [0, 0.1) is 5.92 Å². The third-order valence-corrected chi connectivity index (χ3v) is 3.50. The van der Waals surface area contributed by atoms with Crippen molar-refractivity contribution in [2.75, 3.05) is 7.05 Å². The summed E-state index contributed by atoms with van der Waals surface area (Å²) in [6.07, 6.45) is 2.02. The largest absolute Gasteiger partial charge is 0.480 e. The van der Waals surface area contributed by atoms with Crippen LogP contribution < -0.4 is 0 Å². The van der Waals surface area contributed by atoms with Gasteiger partial charge in [0, 0.05) is 7.05 Å². The van der Waals surface area contributed by atoms with E-state index in [0.29, 0.717) is 12.3 Å². The molecule has 0 saturated heterocycles. The number of ether oxygens (including phenoxy) is 1. The van der Waals surface area contributed by atoms with Crippen molar-refractivity contribution in [2.24, 2.45) is 5.92 Å². The van der Waals surface area contributed by atoms with E-state index in [0.717, 1.165) is 18.4 Å². The van der Waals surface area contributed by atoms with Gasteiger partial charge in [-0.15, -0.1) is 0 Å². The maximum atomic E-state index is 11.9. The first-order chi connectivity index (χ1) is 9.58. The lowest BCUT2D eigenvalue weighted by Gasteiger charge is -2.24. The van der Waals surface area contributed by atoms with E-state index < -0.39 is 18.1 Å². The standard InChI is InChI=1S/C15H19NO4/c1-16(13(14(17)18)9-11-7-8-11)15(19)20-10-12-5-3-2-4-6-12/h2-6,11,13H,7-10H2,1H3,(H,17,18). The van der Waals surface area contributed by atoms with Crippen molar-refractivity contribution < 1.29 is 19.4 Å². The van der Waals surface area contributed by atoms with E-state index >= 15 is 0 Å². The molecule has 1 aromatic rings. The normalized spacial score (nSPS) is 15.4. The Labute approximate surface area is 118 Å². The summed E-state index contributed by atoms with van der Waals surface area (Å²) in [7, 11) is 1.48. The van der Waals surface area contributed by atoms with Gasteiger partial charge in [0.15, 0.2) is 0 Å². The van der Waals surface area contributed by atoms with Crippen LogP contribution in [0.4, 0.5) is 4.79 Å². The number of aliphatic carboxylic acids is 1. The Kier molecular flexibility index (Phi) is 4.61. The van der Waals surface area contributed by atoms with Crippen molar-refractivity contribution in [3.63, 3.8) is 0 Å². The summed E-state index contributed by atoms with van der Waals surface area (Å²) >= 11 is 0. The van der Waals surface area contributed by atoms with Gasteiger partial charge in [-0.05, 0) is 17.9 Å². The molecule has 0 aliphatic heterocycles. The van der Waals surface area contributed by atoms with E-state index in [2.05, 4.69) is 0 Å². The minimum atomic E-state index is -0.976. The number of rotatable bonds is 6. The average molecular weight is 277 g/mol. The Morgan fingerprint density at radius 1 is 1.35 bits per heavy atom. The number of carboxylic acid groups (broad SMARTS) is 1. The van der Waals surface area contributed by atoms with Crippen molar-refractivity contribution >= 4 is 12.1 Å². The molecule has 1 aromatic carbocycles. The highest BCUT2D eigenvalue weighted by Gasteiger charge is 2.34. The van der Waals surface area contributed by atoms with Crippen LogP contribution in [-0.2, 0) is 16.1 Å². The number of likely N-dealkylation sites (N-methyl/N-ethyl adjacent to an activating group) is 1. The monoisotopic (exact) mass is 277 g/mol. The lowest BCUT2D eigenvalue weighted by molar-refractivity contribution is -0.142. The number of carbonyl (C=O) groups excluding carboxylic acids is 1. The predicted octanol–water partition coefficient (Wildman–Crippen LogP) is 2.51. The molecule has 1 unspecified atom stereocenters. The van der Waals surface area contributed by atoms with Gasteiger partial charge in [0.2, 0.25) is 0 Å². The van der Waals surface area contributed by atoms with Crippen LogP contribution >= 0.6 is 0 Å². The Morgan fingerprint density at radius 3 is 2.55 bits per heavy atom. The molecule has 2 rings (SSSR count). The van der Waals surface area contributed by atoms with Gasteiger partial charge in [-0.3, -0.25) is 4.90 Å². The molecule has 20 heavy (non-hydrogen) atoms. The van der Waals surface area contributed by atoms with E-state index in [-0.39, 0.29) is 6.61 Å². The molecule has 1 N–H and O–H groups in total. The number of carbonyl (C=O) groups is 2. The molecule has 1 fully saturated rings. The van der Waals surface area contributed by atoms with E-state index in [1.54, 1.807) is 0 Å². The zero-order valence-corrected chi connectivity index (χ0v) is 11.5. The predicted molar refractivity (Wildman–Crippen MR) is 73.2 cm³/mol. The first-order valence-corrected chi connectivity index (χ1v) is 6.74. The molecule has 5 heteroatoms. The second kappa shape index (κ2) is 6.41. The summed E-state index contributed by atoms with van der Waals surface area (Å²) < 4.78 is 5.15. The minimum Gasteiger partial charge on any atom is -0.480 e. The quantitative estimate of drug-likeness (QED) is 0.867. The van der Waals surface area contributed by atoms with Crippen LogP contribution in [0.2, 0.25) is 0 Å². The summed E-state index contributed by atoms with van der Waals surface area (Å²) in [5, 5.41) is 9.21. The summed E-state index contributed by atoms with van der Waals surface area (Å²) in [4.78, 5) is 24.3. The lowest BCUT2D eigenvalue weighted by atomic mass is 10.1. The average Bonchev–Trinajstić information content (AvgIpc) is 3.26. The maximum absolute atomic E-state index is 11.9. The zero-order valence-electron chi connectivity index (χ0n) is 11.5. The fraction of sp³-hybridized carbons (Fsp3) is 0.467. The third-order valence-electron chi connectivity index (χ3n) is 3.50. The van der Waals surface area contributed by atoms with E-state index in [1.807, 2.05) is 30.3 Å². The fourth-order valence-electron chi connectivity index (χ4n) is 2.04. The number of nitrogens with zero attached hydrogens (tertiary/aromatic N) is 1. The first kappa shape index (κ1) is 14.4. The molecular weight excluding hydrogens is 258 g/mol. The van der Waals surface area contributed by atoms with Crippen molar-refractivity contribution in [3.8, 4) is 0 Å². The Morgan fingerprint density at radius 2 is 2.00 bits per heavy atom. The lowest BCUT2D eigenvalue weighted by Crippen LogP contribution is -2.43. The topological polar surface area (TPSA) is 66.8 Å².